The minimum Gasteiger partial charge on any atom is -0.493 e. The number of hydrogen-bond donors (Lipinski definition) is 1. The molecule has 1 heterocycles. The summed E-state index contributed by atoms with van der Waals surface area (Å²) in [6.07, 6.45) is 0. The van der Waals surface area contributed by atoms with Crippen LogP contribution in [0.3, 0.4) is 0 Å². The van der Waals surface area contributed by atoms with Gasteiger partial charge in [0.25, 0.3) is 5.69 Å². The zero-order valence-corrected chi connectivity index (χ0v) is 9.28. The van der Waals surface area contributed by atoms with Gasteiger partial charge in [0.05, 0.1) is 10.5 Å². The summed E-state index contributed by atoms with van der Waals surface area (Å²) in [5, 5.41) is 20.0. The molecule has 1 aromatic heterocycles. The number of aromatic nitrogens is 1. The van der Waals surface area contributed by atoms with Crippen molar-refractivity contribution in [1.29, 1.82) is 0 Å². The Morgan fingerprint density at radius 1 is 1.44 bits per heavy atom. The lowest BCUT2D eigenvalue weighted by atomic mass is 10.2. The fraction of sp³-hybridized carbons (Fsp3) is 0.0909. The van der Waals surface area contributed by atoms with Gasteiger partial charge in [-0.2, -0.15) is 4.98 Å². The highest BCUT2D eigenvalue weighted by molar-refractivity contribution is 5.58. The van der Waals surface area contributed by atoms with Crippen molar-refractivity contribution < 1.29 is 14.4 Å². The summed E-state index contributed by atoms with van der Waals surface area (Å²) < 4.78 is 4.86. The van der Waals surface area contributed by atoms with Gasteiger partial charge in [0, 0.05) is 17.7 Å². The number of non-ortho nitro benzene ring substituents is 1. The van der Waals surface area contributed by atoms with Gasteiger partial charge < -0.3 is 9.52 Å². The molecule has 18 heavy (non-hydrogen) atoms. The van der Waals surface area contributed by atoms with Crippen molar-refractivity contribution in [2.24, 2.45) is 0 Å². The zero-order valence-electron chi connectivity index (χ0n) is 9.28. The summed E-state index contributed by atoms with van der Waals surface area (Å²) in [4.78, 5) is 25.1. The van der Waals surface area contributed by atoms with E-state index in [0.29, 0.717) is 0 Å². The Balaban J connectivity index is 2.59. The van der Waals surface area contributed by atoms with E-state index >= 15 is 0 Å². The molecule has 0 spiro atoms. The second-order valence-electron chi connectivity index (χ2n) is 3.56. The standard InChI is InChI=1S/C11H8N2O5/c1-6-9(14)12-10(18-11(6)15)7-3-2-4-8(5-7)13(16)17/h2-5,14H,1H3. The Hall–Kier alpha value is -2.70. The van der Waals surface area contributed by atoms with Crippen LogP contribution in [0, 0.1) is 17.0 Å². The summed E-state index contributed by atoms with van der Waals surface area (Å²) in [7, 11) is 0. The summed E-state index contributed by atoms with van der Waals surface area (Å²) in [5.41, 5.74) is -0.651. The monoisotopic (exact) mass is 248 g/mol. The molecule has 0 saturated carbocycles. The molecule has 0 atom stereocenters. The first-order valence-corrected chi connectivity index (χ1v) is 4.94. The quantitative estimate of drug-likeness (QED) is 0.639. The molecule has 0 aliphatic rings. The van der Waals surface area contributed by atoms with Gasteiger partial charge in [-0.3, -0.25) is 10.1 Å². The van der Waals surface area contributed by atoms with Gasteiger partial charge >= 0.3 is 5.63 Å². The largest absolute Gasteiger partial charge is 0.493 e. The fourth-order valence-electron chi connectivity index (χ4n) is 1.33. The molecule has 0 radical (unpaired) electrons. The summed E-state index contributed by atoms with van der Waals surface area (Å²) in [6.45, 7) is 1.37. The molecule has 0 bridgehead atoms. The van der Waals surface area contributed by atoms with Crippen LogP contribution in [0.15, 0.2) is 33.5 Å². The molecule has 2 aromatic rings. The Morgan fingerprint density at radius 2 is 2.17 bits per heavy atom. The molecule has 0 aliphatic heterocycles. The second-order valence-corrected chi connectivity index (χ2v) is 3.56. The van der Waals surface area contributed by atoms with Gasteiger partial charge in [0.1, 0.15) is 0 Å². The molecular weight excluding hydrogens is 240 g/mol. The third-order valence-corrected chi connectivity index (χ3v) is 2.34. The van der Waals surface area contributed by atoms with Gasteiger partial charge in [0.2, 0.25) is 11.8 Å². The highest BCUT2D eigenvalue weighted by Crippen LogP contribution is 2.23. The average Bonchev–Trinajstić information content (AvgIpc) is 2.35. The van der Waals surface area contributed by atoms with Crippen LogP contribution < -0.4 is 5.63 Å². The normalized spacial score (nSPS) is 10.3. The molecule has 0 aliphatic carbocycles. The number of benzene rings is 1. The Bertz CT molecular complexity index is 677. The lowest BCUT2D eigenvalue weighted by molar-refractivity contribution is -0.384. The number of hydrogen-bond acceptors (Lipinski definition) is 6. The van der Waals surface area contributed by atoms with E-state index in [4.69, 9.17) is 4.42 Å². The van der Waals surface area contributed by atoms with Gasteiger partial charge in [-0.15, -0.1) is 0 Å². The second kappa shape index (κ2) is 4.28. The minimum atomic E-state index is -0.732. The molecule has 0 amide bonds. The van der Waals surface area contributed by atoms with Crippen molar-refractivity contribution in [3.05, 3.63) is 50.4 Å². The predicted molar refractivity (Wildman–Crippen MR) is 61.3 cm³/mol. The van der Waals surface area contributed by atoms with E-state index in [9.17, 15) is 20.0 Å². The summed E-state index contributed by atoms with van der Waals surface area (Å²) >= 11 is 0. The molecule has 2 rings (SSSR count). The van der Waals surface area contributed by atoms with E-state index in [1.54, 1.807) is 0 Å². The zero-order chi connectivity index (χ0) is 13.3. The van der Waals surface area contributed by atoms with E-state index in [0.717, 1.165) is 0 Å². The van der Waals surface area contributed by atoms with Gasteiger partial charge in [-0.25, -0.2) is 4.79 Å². The van der Waals surface area contributed by atoms with Crippen LogP contribution in [0.5, 0.6) is 5.88 Å². The summed E-state index contributed by atoms with van der Waals surface area (Å²) in [6, 6.07) is 5.44. The van der Waals surface area contributed by atoms with Crippen LogP contribution in [0.4, 0.5) is 5.69 Å². The predicted octanol–water partition coefficient (Wildman–Crippen LogP) is 1.62. The van der Waals surface area contributed by atoms with E-state index in [2.05, 4.69) is 4.98 Å². The van der Waals surface area contributed by atoms with Crippen molar-refractivity contribution in [2.45, 2.75) is 6.92 Å². The summed E-state index contributed by atoms with van der Waals surface area (Å²) in [5.74, 6) is -0.612. The number of aromatic hydroxyl groups is 1. The van der Waals surface area contributed by atoms with E-state index in [-0.39, 0.29) is 22.7 Å². The van der Waals surface area contributed by atoms with Gasteiger partial charge in [0.15, 0.2) is 0 Å². The number of rotatable bonds is 2. The first-order valence-electron chi connectivity index (χ1n) is 4.94. The highest BCUT2D eigenvalue weighted by Gasteiger charge is 2.13. The third-order valence-electron chi connectivity index (χ3n) is 2.34. The Labute approximate surface area is 100 Å². The first-order chi connectivity index (χ1) is 8.49. The molecule has 7 heteroatoms. The van der Waals surface area contributed by atoms with Crippen LogP contribution in [-0.4, -0.2) is 15.0 Å². The molecule has 7 nitrogen and oxygen atoms in total. The average molecular weight is 248 g/mol. The number of nitro groups is 1. The van der Waals surface area contributed by atoms with Crippen LogP contribution in [0.2, 0.25) is 0 Å². The van der Waals surface area contributed by atoms with E-state index in [1.807, 2.05) is 0 Å². The first kappa shape index (κ1) is 11.8. The Morgan fingerprint density at radius 3 is 2.78 bits per heavy atom. The molecule has 1 aromatic carbocycles. The minimum absolute atomic E-state index is 0.0100. The van der Waals surface area contributed by atoms with Gasteiger partial charge in [-0.1, -0.05) is 6.07 Å². The van der Waals surface area contributed by atoms with Crippen molar-refractivity contribution in [3.8, 4) is 17.3 Å². The highest BCUT2D eigenvalue weighted by atomic mass is 16.6. The fourth-order valence-corrected chi connectivity index (χ4v) is 1.33. The molecule has 92 valence electrons. The van der Waals surface area contributed by atoms with Crippen LogP contribution >= 0.6 is 0 Å². The van der Waals surface area contributed by atoms with Crippen molar-refractivity contribution in [3.63, 3.8) is 0 Å². The lowest BCUT2D eigenvalue weighted by Gasteiger charge is -2.01. The topological polar surface area (TPSA) is 106 Å². The number of nitro benzene ring substituents is 1. The van der Waals surface area contributed by atoms with Crippen molar-refractivity contribution in [2.75, 3.05) is 0 Å². The van der Waals surface area contributed by atoms with Crippen LogP contribution in [0.25, 0.3) is 11.5 Å². The molecule has 0 fully saturated rings. The Kier molecular flexibility index (Phi) is 2.80. The molecule has 0 unspecified atom stereocenters. The maximum atomic E-state index is 11.4. The number of nitrogens with zero attached hydrogens (tertiary/aromatic N) is 2. The van der Waals surface area contributed by atoms with E-state index in [1.165, 1.54) is 31.2 Å². The smallest absolute Gasteiger partial charge is 0.345 e. The maximum Gasteiger partial charge on any atom is 0.345 e. The third kappa shape index (κ3) is 2.05. The van der Waals surface area contributed by atoms with Crippen molar-refractivity contribution >= 4 is 5.69 Å². The van der Waals surface area contributed by atoms with Gasteiger partial charge in [-0.05, 0) is 13.0 Å². The molecule has 0 saturated heterocycles. The van der Waals surface area contributed by atoms with Crippen LogP contribution in [0.1, 0.15) is 5.56 Å². The maximum absolute atomic E-state index is 11.4. The van der Waals surface area contributed by atoms with Crippen molar-refractivity contribution in [1.82, 2.24) is 4.98 Å². The van der Waals surface area contributed by atoms with E-state index < -0.39 is 16.4 Å². The molecule has 1 N–H and O–H groups in total. The lowest BCUT2D eigenvalue weighted by Crippen LogP contribution is -2.05. The SMILES string of the molecule is Cc1c(O)nc(-c2cccc([N+](=O)[O-])c2)oc1=O. The van der Waals surface area contributed by atoms with Crippen LogP contribution in [-0.2, 0) is 0 Å². The molecular formula is C11H8N2O5.